The van der Waals surface area contributed by atoms with Crippen LogP contribution in [0.3, 0.4) is 0 Å². The topological polar surface area (TPSA) is 49.3 Å². The largest absolute Gasteiger partial charge is 0.508 e. The first-order chi connectivity index (χ1) is 8.75. The molecular formula is C15H21NO2. The van der Waals surface area contributed by atoms with Crippen molar-refractivity contribution in [2.24, 2.45) is 5.92 Å². The first-order valence-electron chi connectivity index (χ1n) is 6.79. The zero-order valence-corrected chi connectivity index (χ0v) is 10.7. The van der Waals surface area contributed by atoms with Crippen LogP contribution < -0.4 is 5.32 Å². The first-order valence-corrected chi connectivity index (χ1v) is 6.79. The van der Waals surface area contributed by atoms with Gasteiger partial charge in [-0.25, -0.2) is 0 Å². The van der Waals surface area contributed by atoms with Crippen molar-refractivity contribution in [3.63, 3.8) is 0 Å². The van der Waals surface area contributed by atoms with E-state index < -0.39 is 0 Å². The van der Waals surface area contributed by atoms with E-state index in [4.69, 9.17) is 0 Å². The molecule has 1 aromatic rings. The number of benzene rings is 1. The molecule has 2 N–H and O–H groups in total. The van der Waals surface area contributed by atoms with Gasteiger partial charge in [0.2, 0.25) is 5.91 Å². The summed E-state index contributed by atoms with van der Waals surface area (Å²) >= 11 is 0. The van der Waals surface area contributed by atoms with E-state index in [0.717, 1.165) is 18.9 Å². The number of amides is 1. The Morgan fingerprint density at radius 1 is 1.28 bits per heavy atom. The van der Waals surface area contributed by atoms with Gasteiger partial charge in [0.05, 0.1) is 6.42 Å². The van der Waals surface area contributed by atoms with Crippen LogP contribution in [0.25, 0.3) is 0 Å². The van der Waals surface area contributed by atoms with Gasteiger partial charge in [0, 0.05) is 12.1 Å². The number of hydrogen-bond donors (Lipinski definition) is 2. The molecule has 1 fully saturated rings. The van der Waals surface area contributed by atoms with Crippen LogP contribution in [0.2, 0.25) is 0 Å². The predicted molar refractivity (Wildman–Crippen MR) is 71.4 cm³/mol. The summed E-state index contributed by atoms with van der Waals surface area (Å²) in [5.41, 5.74) is 0.691. The van der Waals surface area contributed by atoms with Crippen LogP contribution in [0, 0.1) is 5.92 Å². The Morgan fingerprint density at radius 3 is 2.72 bits per heavy atom. The van der Waals surface area contributed by atoms with E-state index in [0.29, 0.717) is 5.56 Å². The van der Waals surface area contributed by atoms with E-state index in [-0.39, 0.29) is 18.1 Å². The lowest BCUT2D eigenvalue weighted by molar-refractivity contribution is -0.120. The van der Waals surface area contributed by atoms with E-state index in [1.165, 1.54) is 25.7 Å². The maximum absolute atomic E-state index is 11.7. The monoisotopic (exact) mass is 247 g/mol. The van der Waals surface area contributed by atoms with Gasteiger partial charge in [-0.3, -0.25) is 4.79 Å². The Morgan fingerprint density at radius 2 is 2.00 bits per heavy atom. The van der Waals surface area contributed by atoms with Gasteiger partial charge in [-0.15, -0.1) is 0 Å². The highest BCUT2D eigenvalue weighted by Crippen LogP contribution is 2.26. The molecule has 0 aliphatic heterocycles. The Bertz CT molecular complexity index is 397. The number of nitrogens with one attached hydrogen (secondary N) is 1. The van der Waals surface area contributed by atoms with Crippen molar-refractivity contribution in [3.8, 4) is 5.75 Å². The van der Waals surface area contributed by atoms with Crippen molar-refractivity contribution in [3.05, 3.63) is 29.8 Å². The van der Waals surface area contributed by atoms with Crippen LogP contribution in [0.4, 0.5) is 0 Å². The van der Waals surface area contributed by atoms with Gasteiger partial charge < -0.3 is 10.4 Å². The standard InChI is InChI=1S/C15H21NO2/c17-14-8-4-3-7-13(14)11-15(18)16-10-9-12-5-1-2-6-12/h3-4,7-8,12,17H,1-2,5-6,9-11H2,(H,16,18). The average molecular weight is 247 g/mol. The lowest BCUT2D eigenvalue weighted by atomic mass is 10.0. The smallest absolute Gasteiger partial charge is 0.224 e. The fraction of sp³-hybridized carbons (Fsp3) is 0.533. The van der Waals surface area contributed by atoms with Crippen LogP contribution in [-0.4, -0.2) is 17.6 Å². The third-order valence-corrected chi connectivity index (χ3v) is 3.69. The highest BCUT2D eigenvalue weighted by atomic mass is 16.3. The highest BCUT2D eigenvalue weighted by molar-refractivity contribution is 5.79. The minimum Gasteiger partial charge on any atom is -0.508 e. The molecule has 3 nitrogen and oxygen atoms in total. The number of carbonyl (C=O) groups excluding carboxylic acids is 1. The fourth-order valence-electron chi connectivity index (χ4n) is 2.61. The summed E-state index contributed by atoms with van der Waals surface area (Å²) in [6.45, 7) is 0.761. The third-order valence-electron chi connectivity index (χ3n) is 3.69. The molecule has 1 aliphatic rings. The van der Waals surface area contributed by atoms with Crippen LogP contribution in [-0.2, 0) is 11.2 Å². The van der Waals surface area contributed by atoms with E-state index in [1.54, 1.807) is 18.2 Å². The average Bonchev–Trinajstić information content (AvgIpc) is 2.85. The number of phenols is 1. The minimum atomic E-state index is -0.00510. The molecule has 1 aromatic carbocycles. The summed E-state index contributed by atoms with van der Waals surface area (Å²) in [5, 5.41) is 12.5. The van der Waals surface area contributed by atoms with E-state index in [1.807, 2.05) is 6.07 Å². The summed E-state index contributed by atoms with van der Waals surface area (Å²) in [7, 11) is 0. The number of hydrogen-bond acceptors (Lipinski definition) is 2. The zero-order chi connectivity index (χ0) is 12.8. The Labute approximate surface area is 108 Å². The van der Waals surface area contributed by atoms with Crippen molar-refractivity contribution in [2.75, 3.05) is 6.54 Å². The summed E-state index contributed by atoms with van der Waals surface area (Å²) in [6.07, 6.45) is 6.67. The van der Waals surface area contributed by atoms with E-state index in [9.17, 15) is 9.90 Å². The molecule has 18 heavy (non-hydrogen) atoms. The van der Waals surface area contributed by atoms with E-state index >= 15 is 0 Å². The molecule has 1 aliphatic carbocycles. The second-order valence-corrected chi connectivity index (χ2v) is 5.09. The molecule has 3 heteroatoms. The summed E-state index contributed by atoms with van der Waals surface area (Å²) in [4.78, 5) is 11.7. The highest BCUT2D eigenvalue weighted by Gasteiger charge is 2.14. The molecule has 0 saturated heterocycles. The Balaban J connectivity index is 1.70. The molecule has 0 bridgehead atoms. The Kier molecular flexibility index (Phi) is 4.62. The van der Waals surface area contributed by atoms with Gasteiger partial charge in [0.1, 0.15) is 5.75 Å². The van der Waals surface area contributed by atoms with Crippen molar-refractivity contribution >= 4 is 5.91 Å². The number of para-hydroxylation sites is 1. The van der Waals surface area contributed by atoms with Gasteiger partial charge in [-0.1, -0.05) is 43.9 Å². The molecule has 1 saturated carbocycles. The fourth-order valence-corrected chi connectivity index (χ4v) is 2.61. The Hall–Kier alpha value is -1.51. The number of carbonyl (C=O) groups is 1. The molecule has 0 spiro atoms. The SMILES string of the molecule is O=C(Cc1ccccc1O)NCCC1CCCC1. The van der Waals surface area contributed by atoms with Gasteiger partial charge in [-0.05, 0) is 18.4 Å². The van der Waals surface area contributed by atoms with Crippen molar-refractivity contribution in [1.29, 1.82) is 0 Å². The summed E-state index contributed by atoms with van der Waals surface area (Å²) in [5.74, 6) is 0.994. The number of aromatic hydroxyl groups is 1. The van der Waals surface area contributed by atoms with E-state index in [2.05, 4.69) is 5.32 Å². The maximum atomic E-state index is 11.7. The van der Waals surface area contributed by atoms with Crippen LogP contribution in [0.1, 0.15) is 37.7 Å². The molecule has 98 valence electrons. The van der Waals surface area contributed by atoms with Crippen LogP contribution in [0.15, 0.2) is 24.3 Å². The first kappa shape index (κ1) is 12.9. The van der Waals surface area contributed by atoms with Crippen molar-refractivity contribution in [1.82, 2.24) is 5.32 Å². The molecule has 0 unspecified atom stereocenters. The summed E-state index contributed by atoms with van der Waals surface area (Å²) < 4.78 is 0. The number of phenolic OH excluding ortho intramolecular Hbond substituents is 1. The molecular weight excluding hydrogens is 226 g/mol. The van der Waals surface area contributed by atoms with Crippen LogP contribution in [0.5, 0.6) is 5.75 Å². The quantitative estimate of drug-likeness (QED) is 0.840. The van der Waals surface area contributed by atoms with Crippen LogP contribution >= 0.6 is 0 Å². The normalized spacial score (nSPS) is 15.8. The molecule has 0 atom stereocenters. The second kappa shape index (κ2) is 6.43. The maximum Gasteiger partial charge on any atom is 0.224 e. The van der Waals surface area contributed by atoms with Gasteiger partial charge >= 0.3 is 0 Å². The second-order valence-electron chi connectivity index (χ2n) is 5.09. The lowest BCUT2D eigenvalue weighted by Crippen LogP contribution is -2.27. The predicted octanol–water partition coefficient (Wildman–Crippen LogP) is 2.63. The molecule has 0 aromatic heterocycles. The molecule has 0 heterocycles. The van der Waals surface area contributed by atoms with Crippen molar-refractivity contribution in [2.45, 2.75) is 38.5 Å². The zero-order valence-electron chi connectivity index (χ0n) is 10.7. The number of rotatable bonds is 5. The van der Waals surface area contributed by atoms with Crippen molar-refractivity contribution < 1.29 is 9.90 Å². The molecule has 0 radical (unpaired) electrons. The third kappa shape index (κ3) is 3.76. The summed E-state index contributed by atoms with van der Waals surface area (Å²) in [6, 6.07) is 6.99. The lowest BCUT2D eigenvalue weighted by Gasteiger charge is -2.10. The van der Waals surface area contributed by atoms with Gasteiger partial charge in [0.25, 0.3) is 0 Å². The van der Waals surface area contributed by atoms with Gasteiger partial charge in [0.15, 0.2) is 0 Å². The minimum absolute atomic E-state index is 0.00510. The molecule has 2 rings (SSSR count). The van der Waals surface area contributed by atoms with Gasteiger partial charge in [-0.2, -0.15) is 0 Å². The molecule has 1 amide bonds.